The van der Waals surface area contributed by atoms with Gasteiger partial charge in [0, 0.05) is 55.2 Å². The number of nitrogen functional groups attached to an aromatic ring is 1. The van der Waals surface area contributed by atoms with Gasteiger partial charge in [-0.15, -0.1) is 0 Å². The lowest BCUT2D eigenvalue weighted by molar-refractivity contribution is 0.0982. The van der Waals surface area contributed by atoms with Crippen LogP contribution in [0.2, 0.25) is 5.02 Å². The molecule has 0 aliphatic heterocycles. The number of hydrogen-bond acceptors (Lipinski definition) is 6. The Labute approximate surface area is 186 Å². The van der Waals surface area contributed by atoms with Gasteiger partial charge in [0.1, 0.15) is 11.6 Å². The highest BCUT2D eigenvalue weighted by molar-refractivity contribution is 6.33. The average Bonchev–Trinajstić information content (AvgIpc) is 3.27. The average molecular weight is 437 g/mol. The monoisotopic (exact) mass is 436 g/mol. The molecule has 0 amide bonds. The largest absolute Gasteiger partial charge is 0.383 e. The van der Waals surface area contributed by atoms with Crippen LogP contribution < -0.4 is 11.1 Å². The molecule has 3 N–H and O–H groups in total. The van der Waals surface area contributed by atoms with Gasteiger partial charge in [-0.3, -0.25) is 4.79 Å². The molecule has 0 saturated heterocycles. The fraction of sp³-hybridized carbons (Fsp3) is 0.217. The molecule has 4 aromatic rings. The number of nitrogens with zero attached hydrogens (tertiary/aromatic N) is 4. The van der Waals surface area contributed by atoms with Crippen molar-refractivity contribution in [3.63, 3.8) is 0 Å². The van der Waals surface area contributed by atoms with E-state index >= 15 is 0 Å². The minimum absolute atomic E-state index is 0. The van der Waals surface area contributed by atoms with Crippen LogP contribution in [-0.4, -0.2) is 31.8 Å². The molecule has 0 aliphatic carbocycles. The fourth-order valence-corrected chi connectivity index (χ4v) is 3.48. The summed E-state index contributed by atoms with van der Waals surface area (Å²) >= 11 is 6.32. The van der Waals surface area contributed by atoms with Crippen LogP contribution >= 0.6 is 11.6 Å². The molecule has 4 rings (SSSR count). The van der Waals surface area contributed by atoms with Crippen LogP contribution in [0.25, 0.3) is 10.8 Å². The third-order valence-corrected chi connectivity index (χ3v) is 5.17. The molecule has 0 atom stereocenters. The van der Waals surface area contributed by atoms with Crippen LogP contribution in [0.1, 0.15) is 29.8 Å². The molecule has 0 unspecified atom stereocenters. The first kappa shape index (κ1) is 22.2. The second-order valence-electron chi connectivity index (χ2n) is 6.96. The van der Waals surface area contributed by atoms with E-state index in [2.05, 4.69) is 20.3 Å². The van der Waals surface area contributed by atoms with Gasteiger partial charge in [0.15, 0.2) is 5.78 Å². The molecule has 3 aromatic heterocycles. The summed E-state index contributed by atoms with van der Waals surface area (Å²) in [5.74, 6) is 1.08. The number of benzene rings is 1. The molecule has 31 heavy (non-hydrogen) atoms. The van der Waals surface area contributed by atoms with E-state index in [0.717, 1.165) is 22.9 Å². The zero-order valence-corrected chi connectivity index (χ0v) is 17.0. The number of carbonyl (C=O) groups is 1. The third kappa shape index (κ3) is 5.38. The highest BCUT2D eigenvalue weighted by atomic mass is 35.5. The molecule has 8 heteroatoms. The number of anilines is 2. The second kappa shape index (κ2) is 10.0. The number of aromatic nitrogens is 4. The van der Waals surface area contributed by atoms with Crippen LogP contribution in [0.4, 0.5) is 11.6 Å². The van der Waals surface area contributed by atoms with Crippen molar-refractivity contribution in [3.05, 3.63) is 77.6 Å². The Balaban J connectivity index is 0.00000272. The Morgan fingerprint density at radius 1 is 1.16 bits per heavy atom. The molecule has 3 heterocycles. The van der Waals surface area contributed by atoms with E-state index in [1.165, 1.54) is 0 Å². The molecule has 160 valence electrons. The quantitative estimate of drug-likeness (QED) is 0.391. The Bertz CT molecular complexity index is 1180. The summed E-state index contributed by atoms with van der Waals surface area (Å²) in [5.41, 5.74) is 7.47. The van der Waals surface area contributed by atoms with E-state index < -0.39 is 0 Å². The summed E-state index contributed by atoms with van der Waals surface area (Å²) in [5, 5.41) is 5.54. The van der Waals surface area contributed by atoms with Gasteiger partial charge in [-0.2, -0.15) is 0 Å². The summed E-state index contributed by atoms with van der Waals surface area (Å²) < 4.78 is 1.95. The maximum atomic E-state index is 12.6. The van der Waals surface area contributed by atoms with Crippen LogP contribution in [-0.2, 0) is 13.0 Å². The van der Waals surface area contributed by atoms with Crippen LogP contribution in [0.5, 0.6) is 0 Å². The molecular weight excluding hydrogens is 412 g/mol. The number of imidazole rings is 1. The van der Waals surface area contributed by atoms with E-state index in [4.69, 9.17) is 17.3 Å². The number of nitrogens with one attached hydrogen (secondary N) is 1. The van der Waals surface area contributed by atoms with E-state index in [1.54, 1.807) is 31.0 Å². The van der Waals surface area contributed by atoms with Crippen molar-refractivity contribution in [2.24, 2.45) is 0 Å². The zero-order valence-electron chi connectivity index (χ0n) is 16.3. The minimum Gasteiger partial charge on any atom is -0.383 e. The van der Waals surface area contributed by atoms with E-state index in [1.807, 2.05) is 35.0 Å². The number of hydrogen-bond donors (Lipinski definition) is 2. The smallest absolute Gasteiger partial charge is 0.164 e. The Morgan fingerprint density at radius 2 is 2.03 bits per heavy atom. The number of aryl methyl sites for hydroxylation is 1. The van der Waals surface area contributed by atoms with Crippen LogP contribution in [0.15, 0.2) is 61.4 Å². The Morgan fingerprint density at radius 3 is 2.81 bits per heavy atom. The normalized spacial score (nSPS) is 10.6. The maximum absolute atomic E-state index is 12.6. The molecular formula is C23H25ClN6O. The molecule has 7 nitrogen and oxygen atoms in total. The number of nitrogens with two attached hydrogens (primary N) is 1. The van der Waals surface area contributed by atoms with Gasteiger partial charge in [-0.05, 0) is 29.5 Å². The van der Waals surface area contributed by atoms with E-state index in [9.17, 15) is 4.79 Å². The first-order chi connectivity index (χ1) is 14.6. The van der Waals surface area contributed by atoms with Gasteiger partial charge in [0.25, 0.3) is 0 Å². The molecule has 0 saturated carbocycles. The molecule has 0 aliphatic rings. The van der Waals surface area contributed by atoms with Gasteiger partial charge in [-0.25, -0.2) is 15.0 Å². The number of rotatable bonds is 8. The fourth-order valence-electron chi connectivity index (χ4n) is 3.25. The van der Waals surface area contributed by atoms with Gasteiger partial charge in [-0.1, -0.05) is 37.2 Å². The standard InChI is InChI=1S/C22H21ClN6O.CH4/c23-19-12-17(13-28-22(19)27-8-10-29-9-7-25-14-29)20(30)4-2-15-1-3-18-16(11-15)5-6-26-21(18)24;/h1,3,5-7,9,11-14H,2,4,8,10H2,(H2,24,26)(H,27,28);1H4. The van der Waals surface area contributed by atoms with Gasteiger partial charge >= 0.3 is 0 Å². The van der Waals surface area contributed by atoms with Gasteiger partial charge in [0.2, 0.25) is 0 Å². The van der Waals surface area contributed by atoms with Crippen molar-refractivity contribution in [1.82, 2.24) is 19.5 Å². The van der Waals surface area contributed by atoms with Gasteiger partial charge in [0.05, 0.1) is 11.3 Å². The maximum Gasteiger partial charge on any atom is 0.164 e. The summed E-state index contributed by atoms with van der Waals surface area (Å²) in [6.07, 6.45) is 9.62. The predicted molar refractivity (Wildman–Crippen MR) is 126 cm³/mol. The molecule has 0 radical (unpaired) electrons. The Kier molecular flexibility index (Phi) is 7.20. The molecule has 0 bridgehead atoms. The summed E-state index contributed by atoms with van der Waals surface area (Å²) in [6, 6.07) is 9.55. The van der Waals surface area contributed by atoms with Crippen molar-refractivity contribution >= 4 is 39.8 Å². The summed E-state index contributed by atoms with van der Waals surface area (Å²) in [6.45, 7) is 1.39. The minimum atomic E-state index is 0. The van der Waals surface area contributed by atoms with Crippen molar-refractivity contribution in [2.45, 2.75) is 26.8 Å². The van der Waals surface area contributed by atoms with Gasteiger partial charge < -0.3 is 15.6 Å². The lowest BCUT2D eigenvalue weighted by Gasteiger charge is -2.09. The summed E-state index contributed by atoms with van der Waals surface area (Å²) in [7, 11) is 0. The number of carbonyl (C=O) groups excluding carboxylic acids is 1. The lowest BCUT2D eigenvalue weighted by atomic mass is 10.0. The summed E-state index contributed by atoms with van der Waals surface area (Å²) in [4.78, 5) is 25.0. The predicted octanol–water partition coefficient (Wildman–Crippen LogP) is 4.63. The zero-order chi connectivity index (χ0) is 20.9. The molecule has 0 fully saturated rings. The number of fused-ring (bicyclic) bond motifs is 1. The Hall–Kier alpha value is -3.45. The highest BCUT2D eigenvalue weighted by Gasteiger charge is 2.11. The van der Waals surface area contributed by atoms with Crippen molar-refractivity contribution in [2.75, 3.05) is 17.6 Å². The van der Waals surface area contributed by atoms with Crippen LogP contribution in [0.3, 0.4) is 0 Å². The lowest BCUT2D eigenvalue weighted by Crippen LogP contribution is -2.11. The second-order valence-corrected chi connectivity index (χ2v) is 7.36. The van der Waals surface area contributed by atoms with Crippen LogP contribution in [0, 0.1) is 0 Å². The van der Waals surface area contributed by atoms with E-state index in [-0.39, 0.29) is 13.2 Å². The highest BCUT2D eigenvalue weighted by Crippen LogP contribution is 2.23. The number of halogens is 1. The number of pyridine rings is 2. The number of ketones is 1. The molecule has 1 aromatic carbocycles. The molecule has 0 spiro atoms. The number of Topliss-reactive ketones (excluding diaryl/α,β-unsaturated/α-hetero) is 1. The van der Waals surface area contributed by atoms with Crippen molar-refractivity contribution < 1.29 is 4.79 Å². The third-order valence-electron chi connectivity index (χ3n) is 4.89. The van der Waals surface area contributed by atoms with E-state index in [0.29, 0.717) is 41.6 Å². The topological polar surface area (TPSA) is 98.7 Å². The van der Waals surface area contributed by atoms with Crippen molar-refractivity contribution in [1.29, 1.82) is 0 Å². The van der Waals surface area contributed by atoms with Crippen molar-refractivity contribution in [3.8, 4) is 0 Å². The first-order valence-electron chi connectivity index (χ1n) is 9.61. The SMILES string of the molecule is C.Nc1nccc2cc(CCC(=O)c3cnc(NCCn4ccnc4)c(Cl)c3)ccc12. The first-order valence-corrected chi connectivity index (χ1v) is 9.99.